The first kappa shape index (κ1) is 18.2. The highest BCUT2D eigenvalue weighted by molar-refractivity contribution is 5.92. The number of carbonyl (C=O) groups is 1. The van der Waals surface area contributed by atoms with Crippen LogP contribution in [0.4, 0.5) is 0 Å². The number of hydrogen-bond donors (Lipinski definition) is 0. The lowest BCUT2D eigenvalue weighted by Crippen LogP contribution is -2.34. The van der Waals surface area contributed by atoms with Gasteiger partial charge in [0.1, 0.15) is 0 Å². The standard InChI is InChI=1S/C21H29N5O/c1-23(2)18-9-12-25(16-18)21(27)20-13-19-15-24(10-6-11-26(19)22-20)14-17-7-4-3-5-8-17/h3-5,7-8,13,18H,6,9-12,14-16H2,1-2H3/t18-/m1/s1. The second-order valence-electron chi connectivity index (χ2n) is 7.95. The van der Waals surface area contributed by atoms with E-state index in [2.05, 4.69) is 59.3 Å². The van der Waals surface area contributed by atoms with Gasteiger partial charge in [-0.25, -0.2) is 0 Å². The monoisotopic (exact) mass is 367 g/mol. The van der Waals surface area contributed by atoms with Crippen molar-refractivity contribution >= 4 is 5.91 Å². The third-order valence-corrected chi connectivity index (χ3v) is 5.74. The molecule has 27 heavy (non-hydrogen) atoms. The molecule has 0 unspecified atom stereocenters. The Kier molecular flexibility index (Phi) is 5.27. The number of aryl methyl sites for hydroxylation is 1. The van der Waals surface area contributed by atoms with Crippen molar-refractivity contribution in [3.8, 4) is 0 Å². The quantitative estimate of drug-likeness (QED) is 0.830. The number of hydrogen-bond acceptors (Lipinski definition) is 4. The smallest absolute Gasteiger partial charge is 0.274 e. The van der Waals surface area contributed by atoms with Gasteiger partial charge >= 0.3 is 0 Å². The van der Waals surface area contributed by atoms with Crippen molar-refractivity contribution in [2.45, 2.75) is 38.5 Å². The molecule has 0 radical (unpaired) electrons. The number of amides is 1. The van der Waals surface area contributed by atoms with Gasteiger partial charge in [-0.05, 0) is 38.6 Å². The summed E-state index contributed by atoms with van der Waals surface area (Å²) >= 11 is 0. The minimum atomic E-state index is 0.0783. The lowest BCUT2D eigenvalue weighted by Gasteiger charge is -2.20. The number of rotatable bonds is 4. The molecule has 144 valence electrons. The normalized spacial score (nSPS) is 20.7. The zero-order valence-electron chi connectivity index (χ0n) is 16.3. The van der Waals surface area contributed by atoms with Gasteiger partial charge in [-0.2, -0.15) is 5.10 Å². The van der Waals surface area contributed by atoms with Crippen LogP contribution >= 0.6 is 0 Å². The Morgan fingerprint density at radius 1 is 1.19 bits per heavy atom. The van der Waals surface area contributed by atoms with Gasteiger partial charge in [0, 0.05) is 45.3 Å². The van der Waals surface area contributed by atoms with Crippen LogP contribution < -0.4 is 0 Å². The van der Waals surface area contributed by atoms with Crippen molar-refractivity contribution in [1.82, 2.24) is 24.5 Å². The van der Waals surface area contributed by atoms with E-state index in [-0.39, 0.29) is 5.91 Å². The summed E-state index contributed by atoms with van der Waals surface area (Å²) in [5.74, 6) is 0.0783. The second-order valence-corrected chi connectivity index (χ2v) is 7.95. The predicted molar refractivity (Wildman–Crippen MR) is 105 cm³/mol. The molecule has 2 aliphatic heterocycles. The molecule has 1 saturated heterocycles. The Hall–Kier alpha value is -2.18. The largest absolute Gasteiger partial charge is 0.336 e. The van der Waals surface area contributed by atoms with Crippen LogP contribution in [0.5, 0.6) is 0 Å². The molecule has 0 N–H and O–H groups in total. The average Bonchev–Trinajstić information content (AvgIpc) is 3.26. The minimum absolute atomic E-state index is 0.0783. The Morgan fingerprint density at radius 3 is 2.74 bits per heavy atom. The highest BCUT2D eigenvalue weighted by Gasteiger charge is 2.30. The first-order valence-electron chi connectivity index (χ1n) is 9.89. The van der Waals surface area contributed by atoms with Crippen molar-refractivity contribution in [3.05, 3.63) is 53.3 Å². The van der Waals surface area contributed by atoms with Crippen LogP contribution in [0, 0.1) is 0 Å². The summed E-state index contributed by atoms with van der Waals surface area (Å²) in [4.78, 5) is 19.5. The van der Waals surface area contributed by atoms with Gasteiger partial charge in [-0.1, -0.05) is 30.3 Å². The summed E-state index contributed by atoms with van der Waals surface area (Å²) in [6.07, 6.45) is 2.10. The Labute approximate surface area is 161 Å². The van der Waals surface area contributed by atoms with Crippen LogP contribution in [0.3, 0.4) is 0 Å². The van der Waals surface area contributed by atoms with Crippen LogP contribution in [-0.2, 0) is 19.6 Å². The van der Waals surface area contributed by atoms with Gasteiger partial charge < -0.3 is 9.80 Å². The van der Waals surface area contributed by atoms with Crippen molar-refractivity contribution in [1.29, 1.82) is 0 Å². The topological polar surface area (TPSA) is 44.6 Å². The van der Waals surface area contributed by atoms with Gasteiger partial charge in [0.2, 0.25) is 0 Å². The van der Waals surface area contributed by atoms with Crippen molar-refractivity contribution in [3.63, 3.8) is 0 Å². The maximum Gasteiger partial charge on any atom is 0.274 e. The van der Waals surface area contributed by atoms with E-state index in [0.717, 1.165) is 57.8 Å². The van der Waals surface area contributed by atoms with E-state index in [0.29, 0.717) is 11.7 Å². The molecule has 0 bridgehead atoms. The van der Waals surface area contributed by atoms with E-state index in [4.69, 9.17) is 0 Å². The summed E-state index contributed by atoms with van der Waals surface area (Å²) in [7, 11) is 4.16. The molecule has 6 heteroatoms. The van der Waals surface area contributed by atoms with Gasteiger partial charge in [-0.15, -0.1) is 0 Å². The van der Waals surface area contributed by atoms with Crippen molar-refractivity contribution in [2.24, 2.45) is 0 Å². The van der Waals surface area contributed by atoms with E-state index in [1.165, 1.54) is 5.56 Å². The van der Waals surface area contributed by atoms with Crippen LogP contribution in [0.25, 0.3) is 0 Å². The summed E-state index contributed by atoms with van der Waals surface area (Å²) in [6.45, 7) is 5.34. The molecule has 2 aromatic rings. The Bertz CT molecular complexity index is 785. The molecule has 2 aliphatic rings. The van der Waals surface area contributed by atoms with Gasteiger partial charge in [-0.3, -0.25) is 14.4 Å². The Morgan fingerprint density at radius 2 is 2.00 bits per heavy atom. The molecule has 3 heterocycles. The number of nitrogens with zero attached hydrogens (tertiary/aromatic N) is 5. The first-order valence-corrected chi connectivity index (χ1v) is 9.89. The van der Waals surface area contributed by atoms with E-state index in [1.807, 2.05) is 15.6 Å². The fraction of sp³-hybridized carbons (Fsp3) is 0.524. The molecule has 6 nitrogen and oxygen atoms in total. The molecule has 0 aliphatic carbocycles. The van der Waals surface area contributed by atoms with E-state index >= 15 is 0 Å². The third-order valence-electron chi connectivity index (χ3n) is 5.74. The number of carbonyl (C=O) groups excluding carboxylic acids is 1. The molecule has 0 saturated carbocycles. The van der Waals surface area contributed by atoms with Gasteiger partial charge in [0.25, 0.3) is 5.91 Å². The summed E-state index contributed by atoms with van der Waals surface area (Å²) in [5, 5.41) is 4.65. The fourth-order valence-electron chi connectivity index (χ4n) is 4.12. The summed E-state index contributed by atoms with van der Waals surface area (Å²) in [5.41, 5.74) is 3.08. The number of fused-ring (bicyclic) bond motifs is 1. The molecule has 1 fully saturated rings. The van der Waals surface area contributed by atoms with Crippen LogP contribution in [0.15, 0.2) is 36.4 Å². The van der Waals surface area contributed by atoms with Crippen LogP contribution in [-0.4, -0.2) is 70.2 Å². The maximum atomic E-state index is 12.9. The molecule has 1 amide bonds. The van der Waals surface area contributed by atoms with Crippen LogP contribution in [0.1, 0.15) is 34.6 Å². The molecule has 1 aromatic heterocycles. The maximum absolute atomic E-state index is 12.9. The average molecular weight is 367 g/mol. The van der Waals surface area contributed by atoms with Crippen molar-refractivity contribution < 1.29 is 4.79 Å². The summed E-state index contributed by atoms with van der Waals surface area (Å²) < 4.78 is 2.04. The van der Waals surface area contributed by atoms with Crippen LogP contribution in [0.2, 0.25) is 0 Å². The second kappa shape index (κ2) is 7.82. The zero-order valence-corrected chi connectivity index (χ0v) is 16.3. The highest BCUT2D eigenvalue weighted by Crippen LogP contribution is 2.20. The first-order chi connectivity index (χ1) is 13.1. The zero-order chi connectivity index (χ0) is 18.8. The van der Waals surface area contributed by atoms with Gasteiger partial charge in [0.05, 0.1) is 5.69 Å². The third kappa shape index (κ3) is 4.06. The number of likely N-dealkylation sites (tertiary alicyclic amines) is 1. The molecular formula is C21H29N5O. The molecule has 1 aromatic carbocycles. The summed E-state index contributed by atoms with van der Waals surface area (Å²) in [6, 6.07) is 13.0. The number of aromatic nitrogens is 2. The van der Waals surface area contributed by atoms with E-state index < -0.39 is 0 Å². The number of likely N-dealkylation sites (N-methyl/N-ethyl adjacent to an activating group) is 1. The molecule has 0 spiro atoms. The molecule has 1 atom stereocenters. The fourth-order valence-corrected chi connectivity index (χ4v) is 4.12. The lowest BCUT2D eigenvalue weighted by atomic mass is 10.2. The number of benzene rings is 1. The highest BCUT2D eigenvalue weighted by atomic mass is 16.2. The SMILES string of the molecule is CN(C)[C@@H]1CCN(C(=O)c2cc3n(n2)CCCN(Cc2ccccc2)C3)C1. The van der Waals surface area contributed by atoms with Gasteiger partial charge in [0.15, 0.2) is 5.69 Å². The van der Waals surface area contributed by atoms with E-state index in [1.54, 1.807) is 0 Å². The Balaban J connectivity index is 1.45. The lowest BCUT2D eigenvalue weighted by molar-refractivity contribution is 0.0776. The molecule has 4 rings (SSSR count). The molecular weight excluding hydrogens is 338 g/mol. The predicted octanol–water partition coefficient (Wildman–Crippen LogP) is 2.07. The van der Waals surface area contributed by atoms with E-state index in [9.17, 15) is 4.79 Å². The van der Waals surface area contributed by atoms with Crippen molar-refractivity contribution in [2.75, 3.05) is 33.7 Å². The minimum Gasteiger partial charge on any atom is -0.336 e.